The van der Waals surface area contributed by atoms with E-state index in [9.17, 15) is 0 Å². The molecule has 1 aliphatic heterocycles. The van der Waals surface area contributed by atoms with E-state index in [2.05, 4.69) is 27.2 Å². The lowest BCUT2D eigenvalue weighted by atomic mass is 10.1. The lowest BCUT2D eigenvalue weighted by molar-refractivity contribution is 0.154. The Morgan fingerprint density at radius 1 is 1.27 bits per heavy atom. The van der Waals surface area contributed by atoms with Crippen LogP contribution in [-0.2, 0) is 11.3 Å². The Balaban J connectivity index is 1.65. The van der Waals surface area contributed by atoms with Gasteiger partial charge >= 0.3 is 0 Å². The van der Waals surface area contributed by atoms with Gasteiger partial charge in [0.2, 0.25) is 5.88 Å². The zero-order valence-corrected chi connectivity index (χ0v) is 19.2. The zero-order chi connectivity index (χ0) is 22.8. The molecule has 4 heterocycles. The van der Waals surface area contributed by atoms with E-state index in [4.69, 9.17) is 25.9 Å². The highest BCUT2D eigenvalue weighted by atomic mass is 32.2. The summed E-state index contributed by atoms with van der Waals surface area (Å²) in [6.45, 7) is 4.46. The number of nitrogens with zero attached hydrogens (tertiary/aromatic N) is 7. The van der Waals surface area contributed by atoms with Crippen LogP contribution in [0.2, 0.25) is 0 Å². The smallest absolute Gasteiger partial charge is 0.254 e. The van der Waals surface area contributed by atoms with Crippen LogP contribution < -0.4 is 9.04 Å². The van der Waals surface area contributed by atoms with Crippen molar-refractivity contribution >= 4 is 28.9 Å². The Hall–Kier alpha value is -3.55. The summed E-state index contributed by atoms with van der Waals surface area (Å²) >= 11 is 1.53. The quantitative estimate of drug-likeness (QED) is 0.331. The van der Waals surface area contributed by atoms with E-state index in [1.807, 2.05) is 41.1 Å². The number of methoxy groups -OCH3 is 1. The minimum Gasteiger partial charge on any atom is -0.479 e. The zero-order valence-electron chi connectivity index (χ0n) is 18.4. The van der Waals surface area contributed by atoms with Gasteiger partial charge in [0.15, 0.2) is 17.0 Å². The molecule has 0 unspecified atom stereocenters. The summed E-state index contributed by atoms with van der Waals surface area (Å²) in [5, 5.41) is 4.51. The first-order valence-electron chi connectivity index (χ1n) is 10.6. The largest absolute Gasteiger partial charge is 0.479 e. The first-order chi connectivity index (χ1) is 16.2. The van der Waals surface area contributed by atoms with Crippen molar-refractivity contribution in [2.45, 2.75) is 18.7 Å². The highest BCUT2D eigenvalue weighted by Crippen LogP contribution is 2.33. The van der Waals surface area contributed by atoms with Crippen LogP contribution in [0.1, 0.15) is 6.92 Å². The van der Waals surface area contributed by atoms with Crippen molar-refractivity contribution in [1.82, 2.24) is 29.3 Å². The van der Waals surface area contributed by atoms with Crippen LogP contribution in [0, 0.1) is 12.3 Å². The second kappa shape index (κ2) is 9.13. The van der Waals surface area contributed by atoms with E-state index in [0.29, 0.717) is 42.9 Å². The summed E-state index contributed by atoms with van der Waals surface area (Å²) in [6.07, 6.45) is 9.37. The van der Waals surface area contributed by atoms with E-state index in [-0.39, 0.29) is 5.25 Å². The first kappa shape index (κ1) is 21.3. The molecule has 0 spiro atoms. The fourth-order valence-electron chi connectivity index (χ4n) is 3.66. The molecule has 3 aromatic heterocycles. The number of hydrogen-bond donors (Lipinski definition) is 0. The van der Waals surface area contributed by atoms with Crippen LogP contribution in [0.4, 0.5) is 5.82 Å². The average Bonchev–Trinajstić information content (AvgIpc) is 3.41. The summed E-state index contributed by atoms with van der Waals surface area (Å²) in [5.74, 6) is 4.40. The molecule has 1 saturated heterocycles. The van der Waals surface area contributed by atoms with Crippen molar-refractivity contribution in [3.05, 3.63) is 42.9 Å². The third kappa shape index (κ3) is 4.01. The van der Waals surface area contributed by atoms with Gasteiger partial charge in [0.25, 0.3) is 5.95 Å². The maximum atomic E-state index is 5.70. The van der Waals surface area contributed by atoms with Gasteiger partial charge in [0, 0.05) is 12.7 Å². The SMILES string of the molecule is C#C[C@H]1COCCN(c2nc(-n3cc(-c4ccccc4)c(OC)n3)nc3c2ncn3CC)S1. The number of terminal acetylenes is 1. The summed E-state index contributed by atoms with van der Waals surface area (Å²) in [4.78, 5) is 14.3. The van der Waals surface area contributed by atoms with Crippen molar-refractivity contribution in [3.63, 3.8) is 0 Å². The molecule has 0 radical (unpaired) electrons. The maximum absolute atomic E-state index is 5.70. The normalized spacial score (nSPS) is 16.5. The number of benzene rings is 1. The molecular formula is C23H23N7O2S. The Morgan fingerprint density at radius 3 is 2.88 bits per heavy atom. The molecule has 9 nitrogen and oxygen atoms in total. The minimum absolute atomic E-state index is 0.108. The van der Waals surface area contributed by atoms with Gasteiger partial charge < -0.3 is 14.0 Å². The Kier molecular flexibility index (Phi) is 5.90. The summed E-state index contributed by atoms with van der Waals surface area (Å²) < 4.78 is 16.9. The highest BCUT2D eigenvalue weighted by Gasteiger charge is 2.25. The van der Waals surface area contributed by atoms with Crippen LogP contribution in [0.5, 0.6) is 5.88 Å². The second-order valence-corrected chi connectivity index (χ2v) is 8.57. The van der Waals surface area contributed by atoms with Crippen molar-refractivity contribution in [2.75, 3.05) is 31.2 Å². The molecule has 1 atom stereocenters. The van der Waals surface area contributed by atoms with Crippen molar-refractivity contribution in [1.29, 1.82) is 0 Å². The number of hydrogen-bond acceptors (Lipinski definition) is 8. The lowest BCUT2D eigenvalue weighted by Crippen LogP contribution is -2.22. The van der Waals surface area contributed by atoms with E-state index >= 15 is 0 Å². The Bertz CT molecular complexity index is 1310. The first-order valence-corrected chi connectivity index (χ1v) is 11.5. The predicted octanol–water partition coefficient (Wildman–Crippen LogP) is 3.19. The van der Waals surface area contributed by atoms with Gasteiger partial charge in [-0.25, -0.2) is 9.67 Å². The van der Waals surface area contributed by atoms with Crippen LogP contribution in [-0.4, -0.2) is 61.4 Å². The summed E-state index contributed by atoms with van der Waals surface area (Å²) in [5.41, 5.74) is 3.30. The van der Waals surface area contributed by atoms with Crippen LogP contribution >= 0.6 is 11.9 Å². The van der Waals surface area contributed by atoms with Gasteiger partial charge in [-0.05, 0) is 24.4 Å². The number of anilines is 1. The number of imidazole rings is 1. The lowest BCUT2D eigenvalue weighted by Gasteiger charge is -2.21. The third-order valence-corrected chi connectivity index (χ3v) is 6.46. The molecule has 0 amide bonds. The topological polar surface area (TPSA) is 83.1 Å². The van der Waals surface area contributed by atoms with Crippen molar-refractivity contribution < 1.29 is 9.47 Å². The molecular weight excluding hydrogens is 438 g/mol. The molecule has 0 aliphatic carbocycles. The molecule has 1 fully saturated rings. The van der Waals surface area contributed by atoms with Gasteiger partial charge in [0.05, 0.1) is 38.8 Å². The molecule has 1 aliphatic rings. The Labute approximate surface area is 195 Å². The maximum Gasteiger partial charge on any atom is 0.254 e. The van der Waals surface area contributed by atoms with E-state index in [1.54, 1.807) is 18.1 Å². The molecule has 4 aromatic rings. The number of ether oxygens (including phenoxy) is 2. The van der Waals surface area contributed by atoms with Gasteiger partial charge in [-0.1, -0.05) is 36.3 Å². The van der Waals surface area contributed by atoms with Gasteiger partial charge in [-0.2, -0.15) is 9.97 Å². The molecule has 5 rings (SSSR count). The van der Waals surface area contributed by atoms with Gasteiger partial charge in [0.1, 0.15) is 5.25 Å². The fourth-order valence-corrected chi connectivity index (χ4v) is 4.59. The average molecular weight is 462 g/mol. The summed E-state index contributed by atoms with van der Waals surface area (Å²) in [7, 11) is 1.61. The molecule has 168 valence electrons. The van der Waals surface area contributed by atoms with Crippen LogP contribution in [0.3, 0.4) is 0 Å². The molecule has 10 heteroatoms. The minimum atomic E-state index is -0.108. The molecule has 1 aromatic carbocycles. The molecule has 0 N–H and O–H groups in total. The number of aromatic nitrogens is 6. The third-order valence-electron chi connectivity index (χ3n) is 5.32. The van der Waals surface area contributed by atoms with Crippen molar-refractivity contribution in [2.24, 2.45) is 0 Å². The standard InChI is InChI=1S/C23H23N7O2S/c1-4-17-14-32-12-11-30(33-17)21-19-20(28(5-2)15-24-19)25-23(26-21)29-13-18(22(27-29)31-3)16-9-7-6-8-10-16/h1,6-10,13,15,17H,5,11-12,14H2,2-3H3/t17-/m0/s1. The number of fused-ring (bicyclic) bond motifs is 1. The van der Waals surface area contributed by atoms with Gasteiger partial charge in [-0.3, -0.25) is 4.31 Å². The molecule has 33 heavy (non-hydrogen) atoms. The molecule has 0 bridgehead atoms. The predicted molar refractivity (Wildman–Crippen MR) is 128 cm³/mol. The fraction of sp³-hybridized carbons (Fsp3) is 0.304. The van der Waals surface area contributed by atoms with Crippen LogP contribution in [0.15, 0.2) is 42.9 Å². The van der Waals surface area contributed by atoms with Crippen molar-refractivity contribution in [3.8, 4) is 35.3 Å². The number of rotatable bonds is 5. The molecule has 0 saturated carbocycles. The van der Waals surface area contributed by atoms with Crippen LogP contribution in [0.25, 0.3) is 28.2 Å². The van der Waals surface area contributed by atoms with E-state index < -0.39 is 0 Å². The van der Waals surface area contributed by atoms with E-state index in [0.717, 1.165) is 23.3 Å². The van der Waals surface area contributed by atoms with Gasteiger partial charge in [-0.15, -0.1) is 11.5 Å². The van der Waals surface area contributed by atoms with E-state index in [1.165, 1.54) is 11.9 Å². The Morgan fingerprint density at radius 2 is 2.12 bits per heavy atom. The monoisotopic (exact) mass is 461 g/mol. The highest BCUT2D eigenvalue weighted by molar-refractivity contribution is 8.01. The second-order valence-electron chi connectivity index (χ2n) is 7.35. The summed E-state index contributed by atoms with van der Waals surface area (Å²) in [6, 6.07) is 9.96. The number of aryl methyl sites for hydroxylation is 1.